The second-order valence-corrected chi connectivity index (χ2v) is 7.68. The molecule has 0 bridgehead atoms. The molecule has 0 radical (unpaired) electrons. The van der Waals surface area contributed by atoms with Crippen LogP contribution in [0.5, 0.6) is 0 Å². The standard InChI is InChI=1S/C18H15BrCl2O2S/c1-12(22)23-10-17(18(21)13-6-4-7-15(19)9-13)24-11-14-5-2-3-8-16(14)20/h2-9H,10-11H2,1H3/b18-17+. The first-order valence-corrected chi connectivity index (χ1v) is 9.65. The zero-order valence-corrected chi connectivity index (χ0v) is 16.8. The zero-order chi connectivity index (χ0) is 17.5. The lowest BCUT2D eigenvalue weighted by atomic mass is 10.2. The Bertz CT molecular complexity index is 762. The van der Waals surface area contributed by atoms with Crippen molar-refractivity contribution < 1.29 is 9.53 Å². The second kappa shape index (κ2) is 9.52. The number of carbonyl (C=O) groups is 1. The van der Waals surface area contributed by atoms with Crippen molar-refractivity contribution in [2.24, 2.45) is 0 Å². The molecule has 0 amide bonds. The number of thioether (sulfide) groups is 1. The number of esters is 1. The molecule has 0 saturated carbocycles. The van der Waals surface area contributed by atoms with Gasteiger partial charge < -0.3 is 4.74 Å². The third kappa shape index (κ3) is 5.85. The summed E-state index contributed by atoms with van der Waals surface area (Å²) in [4.78, 5) is 11.9. The minimum Gasteiger partial charge on any atom is -0.460 e. The van der Waals surface area contributed by atoms with Gasteiger partial charge in [-0.1, -0.05) is 69.5 Å². The first kappa shape index (κ1) is 19.4. The fraction of sp³-hybridized carbons (Fsp3) is 0.167. The van der Waals surface area contributed by atoms with Gasteiger partial charge in [0.15, 0.2) is 0 Å². The lowest BCUT2D eigenvalue weighted by Crippen LogP contribution is -2.03. The van der Waals surface area contributed by atoms with E-state index in [4.69, 9.17) is 27.9 Å². The van der Waals surface area contributed by atoms with Crippen molar-refractivity contribution in [3.8, 4) is 0 Å². The van der Waals surface area contributed by atoms with Crippen molar-refractivity contribution in [3.05, 3.63) is 74.1 Å². The van der Waals surface area contributed by atoms with E-state index in [9.17, 15) is 4.79 Å². The molecule has 0 saturated heterocycles. The van der Waals surface area contributed by atoms with Gasteiger partial charge in [-0.05, 0) is 29.3 Å². The summed E-state index contributed by atoms with van der Waals surface area (Å²) in [5.41, 5.74) is 1.86. The van der Waals surface area contributed by atoms with Crippen LogP contribution in [0, 0.1) is 0 Å². The first-order valence-electron chi connectivity index (χ1n) is 7.11. The molecule has 0 N–H and O–H groups in total. The highest BCUT2D eigenvalue weighted by molar-refractivity contribution is 9.10. The minimum atomic E-state index is -0.343. The maximum absolute atomic E-state index is 11.2. The van der Waals surface area contributed by atoms with Crippen molar-refractivity contribution in [1.29, 1.82) is 0 Å². The maximum atomic E-state index is 11.2. The summed E-state index contributed by atoms with van der Waals surface area (Å²) in [6.07, 6.45) is 0. The van der Waals surface area contributed by atoms with Crippen LogP contribution in [0.15, 0.2) is 57.9 Å². The molecule has 0 aliphatic carbocycles. The average molecular weight is 446 g/mol. The molecule has 2 aromatic carbocycles. The van der Waals surface area contributed by atoms with Crippen LogP contribution in [0.4, 0.5) is 0 Å². The molecule has 2 aromatic rings. The molecule has 0 heterocycles. The third-order valence-electron chi connectivity index (χ3n) is 3.09. The van der Waals surface area contributed by atoms with Gasteiger partial charge in [0.05, 0.1) is 5.03 Å². The van der Waals surface area contributed by atoms with E-state index in [1.54, 1.807) is 0 Å². The molecular weight excluding hydrogens is 431 g/mol. The van der Waals surface area contributed by atoms with Crippen LogP contribution in [-0.4, -0.2) is 12.6 Å². The lowest BCUT2D eigenvalue weighted by Gasteiger charge is -2.12. The Morgan fingerprint density at radius 2 is 1.96 bits per heavy atom. The molecule has 0 aliphatic heterocycles. The Morgan fingerprint density at radius 3 is 2.62 bits per heavy atom. The molecule has 0 fully saturated rings. The molecule has 126 valence electrons. The van der Waals surface area contributed by atoms with E-state index in [-0.39, 0.29) is 12.6 Å². The molecule has 2 nitrogen and oxygen atoms in total. The number of hydrogen-bond acceptors (Lipinski definition) is 3. The van der Waals surface area contributed by atoms with E-state index in [0.29, 0.717) is 15.8 Å². The van der Waals surface area contributed by atoms with Gasteiger partial charge in [0.25, 0.3) is 0 Å². The van der Waals surface area contributed by atoms with Crippen molar-refractivity contribution in [3.63, 3.8) is 0 Å². The number of rotatable bonds is 6. The molecule has 6 heteroatoms. The van der Waals surface area contributed by atoms with E-state index in [0.717, 1.165) is 20.5 Å². The highest BCUT2D eigenvalue weighted by Crippen LogP contribution is 2.34. The fourth-order valence-electron chi connectivity index (χ4n) is 1.90. The summed E-state index contributed by atoms with van der Waals surface area (Å²) in [6.45, 7) is 1.51. The fourth-order valence-corrected chi connectivity index (χ4v) is 3.89. The Hall–Kier alpha value is -0.940. The SMILES string of the molecule is CC(=O)OC/C(SCc1ccccc1Cl)=C(\Cl)c1cccc(Br)c1. The number of benzene rings is 2. The van der Waals surface area contributed by atoms with Crippen LogP contribution in [-0.2, 0) is 15.3 Å². The van der Waals surface area contributed by atoms with Gasteiger partial charge in [-0.15, -0.1) is 11.8 Å². The van der Waals surface area contributed by atoms with Gasteiger partial charge in [0, 0.05) is 27.1 Å². The van der Waals surface area contributed by atoms with Crippen LogP contribution in [0.2, 0.25) is 5.02 Å². The molecule has 0 unspecified atom stereocenters. The number of hydrogen-bond donors (Lipinski definition) is 0. The normalized spacial score (nSPS) is 11.8. The van der Waals surface area contributed by atoms with E-state index in [2.05, 4.69) is 15.9 Å². The lowest BCUT2D eigenvalue weighted by molar-refractivity contribution is -0.139. The van der Waals surface area contributed by atoms with Crippen molar-refractivity contribution in [1.82, 2.24) is 0 Å². The Kier molecular flexibility index (Phi) is 7.69. The number of halogens is 3. The molecule has 0 aliphatic rings. The van der Waals surface area contributed by atoms with E-state index >= 15 is 0 Å². The molecule has 2 rings (SSSR count). The maximum Gasteiger partial charge on any atom is 0.302 e. The van der Waals surface area contributed by atoms with Crippen LogP contribution >= 0.6 is 50.9 Å². The first-order chi connectivity index (χ1) is 11.5. The molecule has 24 heavy (non-hydrogen) atoms. The van der Waals surface area contributed by atoms with E-state index in [1.807, 2.05) is 48.5 Å². The zero-order valence-electron chi connectivity index (χ0n) is 12.9. The summed E-state index contributed by atoms with van der Waals surface area (Å²) in [7, 11) is 0. The Labute approximate surface area is 164 Å². The summed E-state index contributed by atoms with van der Waals surface area (Å²) in [5.74, 6) is 0.296. The van der Waals surface area contributed by atoms with Crippen LogP contribution in [0.3, 0.4) is 0 Å². The minimum absolute atomic E-state index is 0.135. The van der Waals surface area contributed by atoms with Crippen LogP contribution < -0.4 is 0 Å². The second-order valence-electron chi connectivity index (χ2n) is 4.91. The quantitative estimate of drug-likeness (QED) is 0.474. The topological polar surface area (TPSA) is 26.3 Å². The smallest absolute Gasteiger partial charge is 0.302 e. The van der Waals surface area contributed by atoms with Crippen molar-refractivity contribution >= 4 is 61.9 Å². The van der Waals surface area contributed by atoms with Gasteiger partial charge in [-0.25, -0.2) is 0 Å². The predicted molar refractivity (Wildman–Crippen MR) is 106 cm³/mol. The number of carbonyl (C=O) groups excluding carboxylic acids is 1. The van der Waals surface area contributed by atoms with Gasteiger partial charge in [0.2, 0.25) is 0 Å². The number of ether oxygens (including phenoxy) is 1. The largest absolute Gasteiger partial charge is 0.460 e. The van der Waals surface area contributed by atoms with Crippen LogP contribution in [0.25, 0.3) is 5.03 Å². The Morgan fingerprint density at radius 1 is 1.21 bits per heavy atom. The van der Waals surface area contributed by atoms with Crippen molar-refractivity contribution in [2.75, 3.05) is 6.61 Å². The van der Waals surface area contributed by atoms with Gasteiger partial charge in [0.1, 0.15) is 6.61 Å². The van der Waals surface area contributed by atoms with Gasteiger partial charge in [-0.2, -0.15) is 0 Å². The highest BCUT2D eigenvalue weighted by atomic mass is 79.9. The monoisotopic (exact) mass is 444 g/mol. The molecule has 0 atom stereocenters. The average Bonchev–Trinajstić information content (AvgIpc) is 2.55. The van der Waals surface area contributed by atoms with Crippen LogP contribution in [0.1, 0.15) is 18.1 Å². The molecule has 0 aromatic heterocycles. The molecule has 0 spiro atoms. The Balaban J connectivity index is 2.25. The van der Waals surface area contributed by atoms with Crippen molar-refractivity contribution in [2.45, 2.75) is 12.7 Å². The summed E-state index contributed by atoms with van der Waals surface area (Å²) in [5, 5.41) is 1.27. The predicted octanol–water partition coefficient (Wildman–Crippen LogP) is 6.51. The van der Waals surface area contributed by atoms with Gasteiger partial charge in [-0.3, -0.25) is 4.79 Å². The molecular formula is C18H15BrCl2O2S. The summed E-state index contributed by atoms with van der Waals surface area (Å²) >= 11 is 17.7. The van der Waals surface area contributed by atoms with E-state index in [1.165, 1.54) is 18.7 Å². The van der Waals surface area contributed by atoms with E-state index < -0.39 is 0 Å². The summed E-state index contributed by atoms with van der Waals surface area (Å²) < 4.78 is 6.08. The third-order valence-corrected chi connectivity index (χ3v) is 5.64. The highest BCUT2D eigenvalue weighted by Gasteiger charge is 2.12. The summed E-state index contributed by atoms with van der Waals surface area (Å²) in [6, 6.07) is 15.3. The van der Waals surface area contributed by atoms with Gasteiger partial charge >= 0.3 is 5.97 Å².